The molecule has 1 saturated heterocycles. The Morgan fingerprint density at radius 1 is 1.43 bits per heavy atom. The molecule has 9 heteroatoms. The molecule has 1 atom stereocenters. The molecule has 1 aromatic rings. The van der Waals surface area contributed by atoms with Crippen molar-refractivity contribution in [1.82, 2.24) is 4.72 Å². The largest absolute Gasteiger partial charge is 0.396 e. The predicted molar refractivity (Wildman–Crippen MR) is 71.1 cm³/mol. The number of hydrogen-bond acceptors (Lipinski definition) is 5. The molecule has 0 saturated carbocycles. The highest BCUT2D eigenvalue weighted by Crippen LogP contribution is 2.24. The average Bonchev–Trinajstić information content (AvgIpc) is 2.90. The van der Waals surface area contributed by atoms with Crippen LogP contribution in [-0.2, 0) is 19.5 Å². The predicted octanol–water partition coefficient (Wildman–Crippen LogP) is 0.631. The number of nitrogens with two attached hydrogens (primary N) is 1. The third-order valence-corrected chi connectivity index (χ3v) is 4.84. The van der Waals surface area contributed by atoms with Crippen LogP contribution in [-0.4, -0.2) is 40.9 Å². The Hall–Kier alpha value is -1.29. The number of nitrogens with one attached hydrogen (secondary N) is 1. The molecule has 1 aliphatic heterocycles. The summed E-state index contributed by atoms with van der Waals surface area (Å²) in [5, 5.41) is 0. The molecule has 1 unspecified atom stereocenters. The Morgan fingerprint density at radius 3 is 2.71 bits per heavy atom. The smallest absolute Gasteiger partial charge is 0.243 e. The van der Waals surface area contributed by atoms with E-state index in [-0.39, 0.29) is 13.2 Å². The molecular weight excluding hydrogens is 306 g/mol. The number of anilines is 1. The molecule has 1 heterocycles. The van der Waals surface area contributed by atoms with Gasteiger partial charge in [-0.1, -0.05) is 0 Å². The van der Waals surface area contributed by atoms with Gasteiger partial charge >= 0.3 is 0 Å². The van der Waals surface area contributed by atoms with Crippen molar-refractivity contribution in [2.24, 2.45) is 0 Å². The molecule has 1 aromatic carbocycles. The number of sulfonamides is 1. The molecule has 0 spiro atoms. The van der Waals surface area contributed by atoms with Gasteiger partial charge in [0.25, 0.3) is 0 Å². The molecule has 2 rings (SSSR count). The van der Waals surface area contributed by atoms with Crippen molar-refractivity contribution in [3.8, 4) is 0 Å². The maximum atomic E-state index is 13.6. The Bertz CT molecular complexity index is 630. The Morgan fingerprint density at radius 2 is 2.14 bits per heavy atom. The van der Waals surface area contributed by atoms with Crippen molar-refractivity contribution >= 4 is 15.7 Å². The van der Waals surface area contributed by atoms with Gasteiger partial charge in [0.15, 0.2) is 0 Å². The Labute approximate surface area is 121 Å². The van der Waals surface area contributed by atoms with Gasteiger partial charge in [-0.2, -0.15) is 0 Å². The van der Waals surface area contributed by atoms with E-state index in [1.165, 1.54) is 7.11 Å². The highest BCUT2D eigenvalue weighted by atomic mass is 32.2. The minimum atomic E-state index is -4.17. The van der Waals surface area contributed by atoms with E-state index in [9.17, 15) is 17.2 Å². The monoisotopic (exact) mass is 322 g/mol. The van der Waals surface area contributed by atoms with Crippen molar-refractivity contribution in [1.29, 1.82) is 0 Å². The summed E-state index contributed by atoms with van der Waals surface area (Å²) in [5.74, 6) is -2.22. The van der Waals surface area contributed by atoms with Gasteiger partial charge in [-0.05, 0) is 6.07 Å². The van der Waals surface area contributed by atoms with Crippen molar-refractivity contribution in [2.45, 2.75) is 16.9 Å². The van der Waals surface area contributed by atoms with Crippen molar-refractivity contribution in [3.05, 3.63) is 23.8 Å². The van der Waals surface area contributed by atoms with Crippen molar-refractivity contribution < 1.29 is 26.7 Å². The van der Waals surface area contributed by atoms with Crippen molar-refractivity contribution in [3.63, 3.8) is 0 Å². The van der Waals surface area contributed by atoms with Gasteiger partial charge in [-0.3, -0.25) is 0 Å². The lowest BCUT2D eigenvalue weighted by Gasteiger charge is -2.25. The lowest BCUT2D eigenvalue weighted by molar-refractivity contribution is -0.0120. The van der Waals surface area contributed by atoms with Gasteiger partial charge in [0, 0.05) is 32.7 Å². The summed E-state index contributed by atoms with van der Waals surface area (Å²) >= 11 is 0. The first-order valence-electron chi connectivity index (χ1n) is 6.17. The van der Waals surface area contributed by atoms with Gasteiger partial charge in [-0.15, -0.1) is 0 Å². The van der Waals surface area contributed by atoms with Gasteiger partial charge in [0.1, 0.15) is 22.1 Å². The van der Waals surface area contributed by atoms with Crippen LogP contribution in [0.4, 0.5) is 14.5 Å². The second kappa shape index (κ2) is 5.84. The molecule has 6 nitrogen and oxygen atoms in total. The molecule has 0 aromatic heterocycles. The minimum absolute atomic E-state index is 0.0808. The first-order valence-corrected chi connectivity index (χ1v) is 7.65. The highest BCUT2D eigenvalue weighted by Gasteiger charge is 2.36. The Balaban J connectivity index is 2.21. The van der Waals surface area contributed by atoms with Crippen LogP contribution in [0.15, 0.2) is 17.0 Å². The van der Waals surface area contributed by atoms with Crippen LogP contribution in [0.2, 0.25) is 0 Å². The van der Waals surface area contributed by atoms with Crippen LogP contribution >= 0.6 is 0 Å². The molecule has 0 bridgehead atoms. The van der Waals surface area contributed by atoms with Gasteiger partial charge < -0.3 is 15.2 Å². The molecule has 21 heavy (non-hydrogen) atoms. The number of ether oxygens (including phenoxy) is 2. The number of benzene rings is 1. The fourth-order valence-electron chi connectivity index (χ4n) is 2.02. The molecule has 118 valence electrons. The third-order valence-electron chi connectivity index (χ3n) is 3.43. The fraction of sp³-hybridized carbons (Fsp3) is 0.500. The quantitative estimate of drug-likeness (QED) is 0.776. The van der Waals surface area contributed by atoms with E-state index in [4.69, 9.17) is 15.2 Å². The van der Waals surface area contributed by atoms with E-state index in [1.807, 2.05) is 0 Å². The third kappa shape index (κ3) is 3.31. The summed E-state index contributed by atoms with van der Waals surface area (Å²) < 4.78 is 63.6. The number of halogens is 2. The van der Waals surface area contributed by atoms with E-state index in [1.54, 1.807) is 0 Å². The SMILES string of the molecule is COC1(CNS(=O)(=O)c2cc(N)c(F)cc2F)CCOC1. The molecular formula is C12H16F2N2O4S. The lowest BCUT2D eigenvalue weighted by Crippen LogP contribution is -2.45. The van der Waals surface area contributed by atoms with E-state index >= 15 is 0 Å². The maximum Gasteiger partial charge on any atom is 0.243 e. The topological polar surface area (TPSA) is 90.7 Å². The molecule has 1 aliphatic rings. The summed E-state index contributed by atoms with van der Waals surface area (Å²) in [4.78, 5) is -0.702. The van der Waals surface area contributed by atoms with Crippen LogP contribution in [0.1, 0.15) is 6.42 Å². The Kier molecular flexibility index (Phi) is 4.47. The second-order valence-electron chi connectivity index (χ2n) is 4.82. The summed E-state index contributed by atoms with van der Waals surface area (Å²) in [6.07, 6.45) is 0.514. The van der Waals surface area contributed by atoms with Crippen LogP contribution in [0, 0.1) is 11.6 Å². The molecule has 1 fully saturated rings. The van der Waals surface area contributed by atoms with Gasteiger partial charge in [-0.25, -0.2) is 21.9 Å². The molecule has 0 aliphatic carbocycles. The summed E-state index contributed by atoms with van der Waals surface area (Å²) in [5.41, 5.74) is 4.05. The van der Waals surface area contributed by atoms with Crippen molar-refractivity contribution in [2.75, 3.05) is 32.6 Å². The summed E-state index contributed by atoms with van der Waals surface area (Å²) in [7, 11) is -2.73. The fourth-order valence-corrected chi connectivity index (χ4v) is 3.22. The number of rotatable bonds is 5. The first kappa shape index (κ1) is 16.1. The summed E-state index contributed by atoms with van der Waals surface area (Å²) in [6.45, 7) is 0.607. The summed E-state index contributed by atoms with van der Waals surface area (Å²) in [6, 6.07) is 1.19. The minimum Gasteiger partial charge on any atom is -0.396 e. The van der Waals surface area contributed by atoms with Crippen LogP contribution in [0.3, 0.4) is 0 Å². The van der Waals surface area contributed by atoms with Crippen LogP contribution in [0.25, 0.3) is 0 Å². The van der Waals surface area contributed by atoms with Gasteiger partial charge in [0.05, 0.1) is 12.3 Å². The zero-order valence-corrected chi connectivity index (χ0v) is 12.2. The standard InChI is InChI=1S/C12H16F2N2O4S/c1-19-12(2-3-20-7-12)6-16-21(17,18)11-5-10(15)8(13)4-9(11)14/h4-5,16H,2-3,6-7,15H2,1H3. The number of nitrogen functional groups attached to an aromatic ring is 1. The second-order valence-corrected chi connectivity index (χ2v) is 6.55. The zero-order chi connectivity index (χ0) is 15.7. The van der Waals surface area contributed by atoms with E-state index in [2.05, 4.69) is 4.72 Å². The normalized spacial score (nSPS) is 22.6. The zero-order valence-electron chi connectivity index (χ0n) is 11.4. The van der Waals surface area contributed by atoms with Crippen LogP contribution < -0.4 is 10.5 Å². The number of methoxy groups -OCH3 is 1. The molecule has 3 N–H and O–H groups in total. The average molecular weight is 322 g/mol. The van der Waals surface area contributed by atoms with E-state index in [0.717, 1.165) is 6.07 Å². The maximum absolute atomic E-state index is 13.6. The van der Waals surface area contributed by atoms with E-state index < -0.39 is 37.8 Å². The highest BCUT2D eigenvalue weighted by molar-refractivity contribution is 7.89. The molecule has 0 radical (unpaired) electrons. The lowest BCUT2D eigenvalue weighted by atomic mass is 10.0. The van der Waals surface area contributed by atoms with E-state index in [0.29, 0.717) is 19.1 Å². The molecule has 0 amide bonds. The number of hydrogen-bond donors (Lipinski definition) is 2. The van der Waals surface area contributed by atoms with Gasteiger partial charge in [0.2, 0.25) is 10.0 Å². The van der Waals surface area contributed by atoms with Crippen LogP contribution in [0.5, 0.6) is 0 Å². The first-order chi connectivity index (χ1) is 9.80.